The van der Waals surface area contributed by atoms with Crippen LogP contribution in [-0.4, -0.2) is 18.1 Å². The van der Waals surface area contributed by atoms with Crippen molar-refractivity contribution in [3.8, 4) is 5.75 Å². The summed E-state index contributed by atoms with van der Waals surface area (Å²) in [7, 11) is 1.62. The summed E-state index contributed by atoms with van der Waals surface area (Å²) in [6, 6.07) is 9.14. The Morgan fingerprint density at radius 1 is 1.29 bits per heavy atom. The van der Waals surface area contributed by atoms with Crippen LogP contribution in [0.4, 0.5) is 10.5 Å². The number of hydrogen-bond donors (Lipinski definition) is 2. The molecule has 1 aromatic carbocycles. The van der Waals surface area contributed by atoms with Crippen LogP contribution in [0.5, 0.6) is 5.75 Å². The van der Waals surface area contributed by atoms with Crippen LogP contribution in [-0.2, 0) is 0 Å². The molecule has 0 aliphatic heterocycles. The molecule has 0 aliphatic carbocycles. The predicted molar refractivity (Wildman–Crippen MR) is 96.3 cm³/mol. The second-order valence-corrected chi connectivity index (χ2v) is 6.25. The van der Waals surface area contributed by atoms with Crippen LogP contribution in [0.3, 0.4) is 0 Å². The van der Waals surface area contributed by atoms with Crippen molar-refractivity contribution in [3.05, 3.63) is 53.9 Å². The average molecular weight is 327 g/mol. The van der Waals surface area contributed by atoms with E-state index in [1.807, 2.05) is 37.3 Å². The number of aryl methyl sites for hydroxylation is 1. The van der Waals surface area contributed by atoms with E-state index in [2.05, 4.69) is 29.5 Å². The van der Waals surface area contributed by atoms with E-state index in [9.17, 15) is 4.79 Å². The predicted octanol–water partition coefficient (Wildman–Crippen LogP) is 4.31. The maximum Gasteiger partial charge on any atom is 0.319 e. The molecule has 0 unspecified atom stereocenters. The van der Waals surface area contributed by atoms with E-state index in [-0.39, 0.29) is 12.1 Å². The van der Waals surface area contributed by atoms with Gasteiger partial charge in [0.1, 0.15) is 5.75 Å². The normalized spacial score (nSPS) is 11.9. The number of amides is 2. The third-order valence-corrected chi connectivity index (χ3v) is 3.77. The first-order valence-corrected chi connectivity index (χ1v) is 8.11. The lowest BCUT2D eigenvalue weighted by Crippen LogP contribution is -2.33. The average Bonchev–Trinajstić information content (AvgIpc) is 2.56. The van der Waals surface area contributed by atoms with Gasteiger partial charge in [-0.25, -0.2) is 4.79 Å². The van der Waals surface area contributed by atoms with E-state index < -0.39 is 0 Å². The standard InChI is InChI=1S/C19H25N3O2/c1-13(2)10-17(15-6-5-9-20-12-15)22-19(23)21-16-8-7-14(3)18(11-16)24-4/h5-9,11-13,17H,10H2,1-4H3,(H2,21,22,23)/t17-/m1/s1. The number of anilines is 1. The molecule has 2 rings (SSSR count). The number of carbonyl (C=O) groups excluding carboxylic acids is 1. The molecule has 128 valence electrons. The Morgan fingerprint density at radius 2 is 2.08 bits per heavy atom. The lowest BCUT2D eigenvalue weighted by molar-refractivity contribution is 0.246. The molecule has 0 spiro atoms. The zero-order chi connectivity index (χ0) is 17.5. The van der Waals surface area contributed by atoms with E-state index in [1.54, 1.807) is 19.5 Å². The highest BCUT2D eigenvalue weighted by Crippen LogP contribution is 2.23. The number of nitrogens with one attached hydrogen (secondary N) is 2. The molecule has 2 aromatic rings. The molecule has 0 saturated heterocycles. The Morgan fingerprint density at radius 3 is 2.71 bits per heavy atom. The molecule has 5 nitrogen and oxygen atoms in total. The molecule has 1 atom stereocenters. The Hall–Kier alpha value is -2.56. The quantitative estimate of drug-likeness (QED) is 0.831. The summed E-state index contributed by atoms with van der Waals surface area (Å²) in [5.41, 5.74) is 2.73. The number of hydrogen-bond acceptors (Lipinski definition) is 3. The molecule has 1 aromatic heterocycles. The third kappa shape index (κ3) is 4.98. The largest absolute Gasteiger partial charge is 0.496 e. The van der Waals surface area contributed by atoms with E-state index in [0.717, 1.165) is 23.3 Å². The van der Waals surface area contributed by atoms with Crippen LogP contribution < -0.4 is 15.4 Å². The molecule has 2 amide bonds. The number of urea groups is 1. The fourth-order valence-corrected chi connectivity index (χ4v) is 2.56. The lowest BCUT2D eigenvalue weighted by Gasteiger charge is -2.21. The van der Waals surface area contributed by atoms with Gasteiger partial charge in [-0.2, -0.15) is 0 Å². The highest BCUT2D eigenvalue weighted by Gasteiger charge is 2.16. The summed E-state index contributed by atoms with van der Waals surface area (Å²) in [4.78, 5) is 16.5. The number of aromatic nitrogens is 1. The fraction of sp³-hybridized carbons (Fsp3) is 0.368. The highest BCUT2D eigenvalue weighted by molar-refractivity contribution is 5.89. The maximum atomic E-state index is 12.4. The summed E-state index contributed by atoms with van der Waals surface area (Å²) in [5.74, 6) is 1.20. The van der Waals surface area contributed by atoms with Gasteiger partial charge in [0.15, 0.2) is 0 Å². The zero-order valence-electron chi connectivity index (χ0n) is 14.7. The summed E-state index contributed by atoms with van der Waals surface area (Å²) >= 11 is 0. The molecule has 2 N–H and O–H groups in total. The Bertz CT molecular complexity index is 672. The number of benzene rings is 1. The van der Waals surface area contributed by atoms with Gasteiger partial charge in [-0.05, 0) is 42.5 Å². The monoisotopic (exact) mass is 327 g/mol. The molecule has 5 heteroatoms. The van der Waals surface area contributed by atoms with Crippen LogP contribution in [0.25, 0.3) is 0 Å². The van der Waals surface area contributed by atoms with Crippen LogP contribution in [0.2, 0.25) is 0 Å². The van der Waals surface area contributed by atoms with Crippen LogP contribution in [0.1, 0.15) is 37.4 Å². The molecular formula is C19H25N3O2. The first-order chi connectivity index (χ1) is 11.5. The van der Waals surface area contributed by atoms with Gasteiger partial charge in [-0.3, -0.25) is 4.98 Å². The smallest absolute Gasteiger partial charge is 0.319 e. The van der Waals surface area contributed by atoms with Crippen molar-refractivity contribution >= 4 is 11.7 Å². The van der Waals surface area contributed by atoms with Gasteiger partial charge >= 0.3 is 6.03 Å². The van der Waals surface area contributed by atoms with Crippen molar-refractivity contribution < 1.29 is 9.53 Å². The SMILES string of the molecule is COc1cc(NC(=O)N[C@H](CC(C)C)c2cccnc2)ccc1C. The second-order valence-electron chi connectivity index (χ2n) is 6.25. The Kier molecular flexibility index (Phi) is 6.18. The van der Waals surface area contributed by atoms with Crippen molar-refractivity contribution in [3.63, 3.8) is 0 Å². The molecular weight excluding hydrogens is 302 g/mol. The summed E-state index contributed by atoms with van der Waals surface area (Å²) < 4.78 is 5.29. The number of pyridine rings is 1. The van der Waals surface area contributed by atoms with Crippen molar-refractivity contribution in [2.24, 2.45) is 5.92 Å². The second kappa shape index (κ2) is 8.34. The van der Waals surface area contributed by atoms with E-state index in [4.69, 9.17) is 4.74 Å². The lowest BCUT2D eigenvalue weighted by atomic mass is 9.98. The van der Waals surface area contributed by atoms with Crippen LogP contribution in [0, 0.1) is 12.8 Å². The van der Waals surface area contributed by atoms with E-state index >= 15 is 0 Å². The number of nitrogens with zero attached hydrogens (tertiary/aromatic N) is 1. The Labute approximate surface area is 143 Å². The van der Waals surface area contributed by atoms with Gasteiger partial charge in [0, 0.05) is 24.1 Å². The minimum Gasteiger partial charge on any atom is -0.496 e. The molecule has 0 aliphatic rings. The minimum absolute atomic E-state index is 0.0777. The molecule has 0 fully saturated rings. The number of methoxy groups -OCH3 is 1. The number of carbonyl (C=O) groups is 1. The van der Waals surface area contributed by atoms with E-state index in [0.29, 0.717) is 11.6 Å². The molecule has 24 heavy (non-hydrogen) atoms. The molecule has 0 saturated carbocycles. The number of rotatable bonds is 6. The highest BCUT2D eigenvalue weighted by atomic mass is 16.5. The third-order valence-electron chi connectivity index (χ3n) is 3.77. The Balaban J connectivity index is 2.07. The van der Waals surface area contributed by atoms with Crippen molar-refractivity contribution in [1.29, 1.82) is 0 Å². The van der Waals surface area contributed by atoms with Crippen molar-refractivity contribution in [1.82, 2.24) is 10.3 Å². The van der Waals surface area contributed by atoms with Gasteiger partial charge in [0.2, 0.25) is 0 Å². The summed E-state index contributed by atoms with van der Waals surface area (Å²) in [5, 5.41) is 5.90. The maximum absolute atomic E-state index is 12.4. The molecule has 0 bridgehead atoms. The van der Waals surface area contributed by atoms with Crippen molar-refractivity contribution in [2.75, 3.05) is 12.4 Å². The first-order valence-electron chi connectivity index (χ1n) is 8.11. The van der Waals surface area contributed by atoms with Gasteiger partial charge in [-0.1, -0.05) is 26.0 Å². The topological polar surface area (TPSA) is 63.2 Å². The first kappa shape index (κ1) is 17.8. The molecule has 1 heterocycles. The molecule has 0 radical (unpaired) electrons. The van der Waals surface area contributed by atoms with Gasteiger partial charge < -0.3 is 15.4 Å². The van der Waals surface area contributed by atoms with Gasteiger partial charge in [-0.15, -0.1) is 0 Å². The van der Waals surface area contributed by atoms with Crippen LogP contribution >= 0.6 is 0 Å². The van der Waals surface area contributed by atoms with Crippen molar-refractivity contribution in [2.45, 2.75) is 33.2 Å². The van der Waals surface area contributed by atoms with Crippen LogP contribution in [0.15, 0.2) is 42.7 Å². The number of ether oxygens (including phenoxy) is 1. The summed E-state index contributed by atoms with van der Waals surface area (Å²) in [6.07, 6.45) is 4.37. The zero-order valence-corrected chi connectivity index (χ0v) is 14.7. The fourth-order valence-electron chi connectivity index (χ4n) is 2.56. The summed E-state index contributed by atoms with van der Waals surface area (Å²) in [6.45, 7) is 6.23. The van der Waals surface area contributed by atoms with E-state index in [1.165, 1.54) is 0 Å². The van der Waals surface area contributed by atoms with Gasteiger partial charge in [0.05, 0.1) is 13.2 Å². The minimum atomic E-state index is -0.240. The van der Waals surface area contributed by atoms with Gasteiger partial charge in [0.25, 0.3) is 0 Å².